The molecule has 1 aliphatic carbocycles. The van der Waals surface area contributed by atoms with Gasteiger partial charge in [0.1, 0.15) is 18.3 Å². The summed E-state index contributed by atoms with van der Waals surface area (Å²) >= 11 is 6.25. The summed E-state index contributed by atoms with van der Waals surface area (Å²) in [6.07, 6.45) is 3.67. The number of hydrogen-bond donors (Lipinski definition) is 2. The number of carbonyl (C=O) groups excluding carboxylic acids is 2. The molecule has 1 saturated carbocycles. The summed E-state index contributed by atoms with van der Waals surface area (Å²) in [6, 6.07) is 0.0127. The molecular formula is C19H32ClN5O3. The Morgan fingerprint density at radius 3 is 2.43 bits per heavy atom. The second-order valence-corrected chi connectivity index (χ2v) is 9.62. The van der Waals surface area contributed by atoms with E-state index in [9.17, 15) is 9.59 Å². The van der Waals surface area contributed by atoms with Gasteiger partial charge in [0.15, 0.2) is 6.35 Å². The van der Waals surface area contributed by atoms with Gasteiger partial charge in [0.2, 0.25) is 5.91 Å². The summed E-state index contributed by atoms with van der Waals surface area (Å²) in [5, 5.41) is 0.250. The highest BCUT2D eigenvalue weighted by molar-refractivity contribution is 6.20. The largest absolute Gasteiger partial charge is 0.329 e. The van der Waals surface area contributed by atoms with Gasteiger partial charge in [0.25, 0.3) is 5.91 Å². The fraction of sp³-hybridized carbons (Fsp3) is 0.895. The third kappa shape index (κ3) is 3.54. The van der Waals surface area contributed by atoms with E-state index in [1.165, 1.54) is 0 Å². The third-order valence-electron chi connectivity index (χ3n) is 6.63. The van der Waals surface area contributed by atoms with Gasteiger partial charge in [-0.25, -0.2) is 10.9 Å². The Labute approximate surface area is 171 Å². The van der Waals surface area contributed by atoms with Gasteiger partial charge in [-0.1, -0.05) is 0 Å². The maximum atomic E-state index is 13.5. The zero-order valence-corrected chi connectivity index (χ0v) is 17.7. The number of piperazine rings is 1. The second kappa shape index (κ2) is 7.72. The van der Waals surface area contributed by atoms with Gasteiger partial charge in [-0.2, -0.15) is 0 Å². The second-order valence-electron chi connectivity index (χ2n) is 9.01. The Morgan fingerprint density at radius 2 is 1.86 bits per heavy atom. The van der Waals surface area contributed by atoms with E-state index in [0.717, 1.165) is 25.7 Å². The van der Waals surface area contributed by atoms with Crippen LogP contribution in [0.2, 0.25) is 0 Å². The average molecular weight is 414 g/mol. The first-order chi connectivity index (χ1) is 13.3. The van der Waals surface area contributed by atoms with Crippen LogP contribution in [0.5, 0.6) is 0 Å². The van der Waals surface area contributed by atoms with Gasteiger partial charge in [0, 0.05) is 31.1 Å². The highest BCUT2D eigenvalue weighted by Crippen LogP contribution is 2.38. The van der Waals surface area contributed by atoms with E-state index in [1.54, 1.807) is 4.90 Å². The van der Waals surface area contributed by atoms with Gasteiger partial charge in [0.05, 0.1) is 0 Å². The van der Waals surface area contributed by atoms with Crippen molar-refractivity contribution in [2.75, 3.05) is 26.2 Å². The average Bonchev–Trinajstić information content (AvgIpc) is 3.04. The number of ether oxygens (including phenoxy) is 1. The first-order valence-corrected chi connectivity index (χ1v) is 10.9. The quantitative estimate of drug-likeness (QED) is 0.660. The monoisotopic (exact) mass is 413 g/mol. The van der Waals surface area contributed by atoms with Crippen LogP contribution in [-0.4, -0.2) is 82.2 Å². The summed E-state index contributed by atoms with van der Waals surface area (Å²) in [5.74, 6) is 0.557. The predicted octanol–water partition coefficient (Wildman–Crippen LogP) is 0.672. The lowest BCUT2D eigenvalue weighted by Crippen LogP contribution is -2.83. The summed E-state index contributed by atoms with van der Waals surface area (Å²) in [7, 11) is 0. The molecule has 3 aliphatic heterocycles. The first-order valence-electron chi connectivity index (χ1n) is 10.5. The Hall–Kier alpha value is -0.930. The molecule has 3 saturated heterocycles. The number of halogens is 1. The minimum absolute atomic E-state index is 0.0127. The van der Waals surface area contributed by atoms with Crippen molar-refractivity contribution < 1.29 is 14.3 Å². The van der Waals surface area contributed by atoms with Crippen LogP contribution < -0.4 is 10.9 Å². The number of nitrogens with zero attached hydrogens (tertiary/aromatic N) is 3. The molecule has 2 N–H and O–H groups in total. The van der Waals surface area contributed by atoms with Gasteiger partial charge in [-0.3, -0.25) is 14.5 Å². The molecule has 9 heteroatoms. The van der Waals surface area contributed by atoms with E-state index in [4.69, 9.17) is 16.3 Å². The van der Waals surface area contributed by atoms with Crippen molar-refractivity contribution in [2.24, 2.45) is 5.92 Å². The molecule has 28 heavy (non-hydrogen) atoms. The van der Waals surface area contributed by atoms with Crippen LogP contribution in [0.3, 0.4) is 0 Å². The fourth-order valence-electron chi connectivity index (χ4n) is 4.91. The molecule has 2 unspecified atom stereocenters. The topological polar surface area (TPSA) is 77.2 Å². The lowest BCUT2D eigenvalue weighted by Gasteiger charge is -2.60. The van der Waals surface area contributed by atoms with Gasteiger partial charge in [-0.05, 0) is 52.4 Å². The van der Waals surface area contributed by atoms with Gasteiger partial charge in [-0.15, -0.1) is 11.6 Å². The molecule has 4 rings (SSSR count). The van der Waals surface area contributed by atoms with Crippen LogP contribution in [0.1, 0.15) is 46.5 Å². The number of amides is 2. The Balaban J connectivity index is 1.51. The molecule has 8 nitrogen and oxygen atoms in total. The molecule has 4 fully saturated rings. The molecule has 3 heterocycles. The zero-order chi connectivity index (χ0) is 20.1. The van der Waals surface area contributed by atoms with Crippen molar-refractivity contribution in [1.82, 2.24) is 25.6 Å². The lowest BCUT2D eigenvalue weighted by molar-refractivity contribution is -0.197. The maximum Gasteiger partial charge on any atom is 0.251 e. The standard InChI is InChI=1S/C19H32ClN5O3/c1-12(2)24-9-16(26)25(8-14-4-6-15(20)7-5-14)19(17(24)27)10-23(11-19)18-22-21-13(3)28-18/h12-15,18,21-22H,4-11H2,1-3H3. The molecule has 0 aromatic rings. The smallest absolute Gasteiger partial charge is 0.251 e. The van der Waals surface area contributed by atoms with Crippen molar-refractivity contribution in [3.8, 4) is 0 Å². The molecular weight excluding hydrogens is 382 g/mol. The third-order valence-corrected chi connectivity index (χ3v) is 7.06. The van der Waals surface area contributed by atoms with Gasteiger partial charge >= 0.3 is 0 Å². The van der Waals surface area contributed by atoms with Crippen molar-refractivity contribution in [1.29, 1.82) is 0 Å². The molecule has 0 aromatic heterocycles. The number of nitrogens with one attached hydrogen (secondary N) is 2. The van der Waals surface area contributed by atoms with Crippen LogP contribution in [0.4, 0.5) is 0 Å². The van der Waals surface area contributed by atoms with Crippen LogP contribution >= 0.6 is 11.6 Å². The summed E-state index contributed by atoms with van der Waals surface area (Å²) in [4.78, 5) is 32.3. The molecule has 2 atom stereocenters. The van der Waals surface area contributed by atoms with Crippen LogP contribution in [-0.2, 0) is 14.3 Å². The van der Waals surface area contributed by atoms with Crippen molar-refractivity contribution in [3.05, 3.63) is 0 Å². The van der Waals surface area contributed by atoms with E-state index in [1.807, 2.05) is 25.7 Å². The molecule has 0 radical (unpaired) electrons. The predicted molar refractivity (Wildman–Crippen MR) is 105 cm³/mol. The first kappa shape index (κ1) is 20.3. The minimum Gasteiger partial charge on any atom is -0.329 e. The lowest BCUT2D eigenvalue weighted by atomic mass is 9.81. The zero-order valence-electron chi connectivity index (χ0n) is 17.0. The highest BCUT2D eigenvalue weighted by atomic mass is 35.5. The summed E-state index contributed by atoms with van der Waals surface area (Å²) in [5.41, 5.74) is 5.37. The number of likely N-dealkylation sites (tertiary alicyclic amines) is 1. The Bertz CT molecular complexity index is 619. The number of carbonyl (C=O) groups is 2. The van der Waals surface area contributed by atoms with E-state index < -0.39 is 5.54 Å². The highest BCUT2D eigenvalue weighted by Gasteiger charge is 2.61. The molecule has 2 amide bonds. The van der Waals surface area contributed by atoms with Crippen molar-refractivity contribution in [3.63, 3.8) is 0 Å². The van der Waals surface area contributed by atoms with E-state index in [-0.39, 0.29) is 42.4 Å². The SMILES string of the molecule is CC1NNC(N2CC3(C2)C(=O)N(C(C)C)CC(=O)N3CC2CCC(Cl)CC2)O1. The maximum absolute atomic E-state index is 13.5. The molecule has 0 aromatic carbocycles. The Morgan fingerprint density at radius 1 is 1.18 bits per heavy atom. The summed E-state index contributed by atoms with van der Waals surface area (Å²) in [6.45, 7) is 7.70. The normalized spacial score (nSPS) is 36.5. The number of hydrazine groups is 1. The molecule has 0 bridgehead atoms. The van der Waals surface area contributed by atoms with Crippen molar-refractivity contribution in [2.45, 2.75) is 76.0 Å². The van der Waals surface area contributed by atoms with Crippen molar-refractivity contribution >= 4 is 23.4 Å². The van der Waals surface area contributed by atoms with Gasteiger partial charge < -0.3 is 14.5 Å². The van der Waals surface area contributed by atoms with Crippen LogP contribution in [0.25, 0.3) is 0 Å². The number of hydrogen-bond acceptors (Lipinski definition) is 6. The summed E-state index contributed by atoms with van der Waals surface area (Å²) < 4.78 is 5.79. The number of rotatable bonds is 4. The molecule has 1 spiro atoms. The fourth-order valence-corrected chi connectivity index (χ4v) is 5.16. The molecule has 4 aliphatic rings. The number of alkyl halides is 1. The van der Waals surface area contributed by atoms with E-state index >= 15 is 0 Å². The molecule has 158 valence electrons. The van der Waals surface area contributed by atoms with E-state index in [0.29, 0.717) is 25.6 Å². The van der Waals surface area contributed by atoms with E-state index in [2.05, 4.69) is 15.8 Å². The van der Waals surface area contributed by atoms with Crippen LogP contribution in [0.15, 0.2) is 0 Å². The van der Waals surface area contributed by atoms with Crippen LogP contribution in [0, 0.1) is 5.92 Å². The Kier molecular flexibility index (Phi) is 5.61. The minimum atomic E-state index is -0.770.